The lowest BCUT2D eigenvalue weighted by Gasteiger charge is -2.20. The van der Waals surface area contributed by atoms with Gasteiger partial charge in [0.05, 0.1) is 11.4 Å². The molecule has 7 heteroatoms. The number of benzene rings is 3. The largest absolute Gasteiger partial charge is 0.491 e. The molecule has 1 amide bonds. The Morgan fingerprint density at radius 2 is 1.63 bits per heavy atom. The van der Waals surface area contributed by atoms with Crippen LogP contribution in [0.1, 0.15) is 15.9 Å². The number of rotatable bonds is 3. The first-order chi connectivity index (χ1) is 14.3. The fraction of sp³-hybridized carbons (Fsp3) is 0.174. The van der Waals surface area contributed by atoms with Crippen LogP contribution < -0.4 is 10.5 Å². The number of hydrogen-bond acceptors (Lipinski definition) is 5. The highest BCUT2D eigenvalue weighted by Crippen LogP contribution is 2.30. The van der Waals surface area contributed by atoms with E-state index in [0.717, 1.165) is 28.7 Å². The van der Waals surface area contributed by atoms with E-state index in [4.69, 9.17) is 10.5 Å². The maximum Gasteiger partial charge on any atom is 0.254 e. The Labute approximate surface area is 175 Å². The number of fused-ring (bicyclic) bond motifs is 1. The molecule has 2 N–H and O–H groups in total. The van der Waals surface area contributed by atoms with Crippen LogP contribution in [0.15, 0.2) is 71.6 Å². The van der Waals surface area contributed by atoms with Gasteiger partial charge in [-0.05, 0) is 59.7 Å². The number of carbonyl (C=O) groups excluding carboxylic acids is 1. The minimum absolute atomic E-state index is 0.163. The molecule has 1 aliphatic rings. The lowest BCUT2D eigenvalue weighted by molar-refractivity contribution is 0.0733. The second kappa shape index (κ2) is 7.84. The van der Waals surface area contributed by atoms with Crippen molar-refractivity contribution in [1.82, 2.24) is 4.90 Å². The SMILES string of the molecule is CS(=O)(=O)c1ccc(C(=O)N2CCOc3ccc(-c4ccc(N)cc4)cc3C2)cc1. The fourth-order valence-electron chi connectivity index (χ4n) is 3.45. The van der Waals surface area contributed by atoms with Gasteiger partial charge >= 0.3 is 0 Å². The van der Waals surface area contributed by atoms with E-state index in [1.54, 1.807) is 17.0 Å². The molecule has 4 rings (SSSR count). The molecule has 3 aromatic rings. The molecular weight excluding hydrogens is 400 g/mol. The molecule has 0 unspecified atom stereocenters. The van der Waals surface area contributed by atoms with Crippen LogP contribution in [0.5, 0.6) is 5.75 Å². The standard InChI is InChI=1S/C23H22N2O4S/c1-30(27,28)21-9-4-17(5-10-21)23(26)25-12-13-29-22-11-6-18(14-19(22)15-25)16-2-7-20(24)8-3-16/h2-11,14H,12-13,15,24H2,1H3. The van der Waals surface area contributed by atoms with E-state index < -0.39 is 9.84 Å². The van der Waals surface area contributed by atoms with Gasteiger partial charge in [0.15, 0.2) is 9.84 Å². The van der Waals surface area contributed by atoms with Crippen molar-refractivity contribution in [3.8, 4) is 16.9 Å². The minimum atomic E-state index is -3.30. The molecule has 0 radical (unpaired) electrons. The van der Waals surface area contributed by atoms with Crippen molar-refractivity contribution < 1.29 is 17.9 Å². The molecule has 0 atom stereocenters. The summed E-state index contributed by atoms with van der Waals surface area (Å²) < 4.78 is 29.1. The average molecular weight is 423 g/mol. The molecule has 0 fully saturated rings. The molecule has 0 bridgehead atoms. The summed E-state index contributed by atoms with van der Waals surface area (Å²) in [5.74, 6) is 0.598. The summed E-state index contributed by atoms with van der Waals surface area (Å²) in [7, 11) is -3.30. The lowest BCUT2D eigenvalue weighted by atomic mass is 10.0. The van der Waals surface area contributed by atoms with Crippen molar-refractivity contribution in [3.05, 3.63) is 77.9 Å². The van der Waals surface area contributed by atoms with Gasteiger partial charge in [0.1, 0.15) is 12.4 Å². The quantitative estimate of drug-likeness (QED) is 0.654. The highest BCUT2D eigenvalue weighted by molar-refractivity contribution is 7.90. The summed E-state index contributed by atoms with van der Waals surface area (Å²) in [4.78, 5) is 14.9. The van der Waals surface area contributed by atoms with Crippen LogP contribution in [0.3, 0.4) is 0 Å². The van der Waals surface area contributed by atoms with Crippen LogP contribution in [0.4, 0.5) is 5.69 Å². The van der Waals surface area contributed by atoms with E-state index in [0.29, 0.717) is 30.9 Å². The zero-order chi connectivity index (χ0) is 21.3. The van der Waals surface area contributed by atoms with Crippen molar-refractivity contribution in [1.29, 1.82) is 0 Å². The molecule has 154 valence electrons. The molecule has 0 saturated heterocycles. The topological polar surface area (TPSA) is 89.7 Å². The van der Waals surface area contributed by atoms with Gasteiger partial charge in [-0.25, -0.2) is 8.42 Å². The van der Waals surface area contributed by atoms with Crippen molar-refractivity contribution in [2.24, 2.45) is 0 Å². The number of anilines is 1. The van der Waals surface area contributed by atoms with Gasteiger partial charge in [-0.15, -0.1) is 0 Å². The first kappa shape index (κ1) is 20.0. The fourth-order valence-corrected chi connectivity index (χ4v) is 4.08. The van der Waals surface area contributed by atoms with Gasteiger partial charge in [0.25, 0.3) is 5.91 Å². The number of nitrogens with two attached hydrogens (primary N) is 1. The number of nitrogen functional groups attached to an aromatic ring is 1. The normalized spacial score (nSPS) is 13.8. The molecule has 0 aliphatic carbocycles. The molecule has 0 spiro atoms. The third-order valence-electron chi connectivity index (χ3n) is 5.10. The summed E-state index contributed by atoms with van der Waals surface area (Å²) in [6, 6.07) is 19.6. The van der Waals surface area contributed by atoms with Crippen LogP contribution in [-0.2, 0) is 16.4 Å². The van der Waals surface area contributed by atoms with Gasteiger partial charge in [0.2, 0.25) is 0 Å². The summed E-state index contributed by atoms with van der Waals surface area (Å²) >= 11 is 0. The summed E-state index contributed by atoms with van der Waals surface area (Å²) in [6.45, 7) is 1.24. The van der Waals surface area contributed by atoms with Gasteiger partial charge in [0, 0.05) is 29.6 Å². The smallest absolute Gasteiger partial charge is 0.254 e. The van der Waals surface area contributed by atoms with Gasteiger partial charge in [-0.2, -0.15) is 0 Å². The first-order valence-electron chi connectivity index (χ1n) is 9.52. The number of carbonyl (C=O) groups is 1. The first-order valence-corrected chi connectivity index (χ1v) is 11.4. The van der Waals surface area contributed by atoms with Crippen LogP contribution in [0, 0.1) is 0 Å². The molecule has 0 aromatic heterocycles. The predicted molar refractivity (Wildman–Crippen MR) is 116 cm³/mol. The van der Waals surface area contributed by atoms with E-state index >= 15 is 0 Å². The van der Waals surface area contributed by atoms with Gasteiger partial charge in [-0.3, -0.25) is 4.79 Å². The molecule has 1 heterocycles. The van der Waals surface area contributed by atoms with E-state index in [1.165, 1.54) is 12.1 Å². The molecule has 3 aromatic carbocycles. The Morgan fingerprint density at radius 1 is 0.967 bits per heavy atom. The Hall–Kier alpha value is -3.32. The summed E-state index contributed by atoms with van der Waals surface area (Å²) in [6.07, 6.45) is 1.14. The van der Waals surface area contributed by atoms with Crippen LogP contribution in [0.25, 0.3) is 11.1 Å². The molecule has 30 heavy (non-hydrogen) atoms. The van der Waals surface area contributed by atoms with E-state index in [-0.39, 0.29) is 10.8 Å². The molecule has 1 aliphatic heterocycles. The number of sulfone groups is 1. The Balaban J connectivity index is 1.60. The summed E-state index contributed by atoms with van der Waals surface area (Å²) in [5.41, 5.74) is 9.90. The van der Waals surface area contributed by atoms with E-state index in [9.17, 15) is 13.2 Å². The highest BCUT2D eigenvalue weighted by Gasteiger charge is 2.22. The molecule has 0 saturated carbocycles. The highest BCUT2D eigenvalue weighted by atomic mass is 32.2. The van der Waals surface area contributed by atoms with Gasteiger partial charge < -0.3 is 15.4 Å². The average Bonchev–Trinajstić information content (AvgIpc) is 2.95. The van der Waals surface area contributed by atoms with Crippen molar-refractivity contribution in [2.45, 2.75) is 11.4 Å². The van der Waals surface area contributed by atoms with E-state index in [2.05, 4.69) is 0 Å². The Kier molecular flexibility index (Phi) is 5.22. The predicted octanol–water partition coefficient (Wildman–Crippen LogP) is 3.37. The molecule has 6 nitrogen and oxygen atoms in total. The second-order valence-electron chi connectivity index (χ2n) is 7.32. The minimum Gasteiger partial charge on any atom is -0.491 e. The number of nitrogens with zero attached hydrogens (tertiary/aromatic N) is 1. The van der Waals surface area contributed by atoms with E-state index in [1.807, 2.05) is 42.5 Å². The Bertz CT molecular complexity index is 1190. The third-order valence-corrected chi connectivity index (χ3v) is 6.23. The zero-order valence-corrected chi connectivity index (χ0v) is 17.4. The van der Waals surface area contributed by atoms with Crippen LogP contribution >= 0.6 is 0 Å². The monoisotopic (exact) mass is 422 g/mol. The summed E-state index contributed by atoms with van der Waals surface area (Å²) in [5, 5.41) is 0. The third kappa shape index (κ3) is 4.16. The van der Waals surface area contributed by atoms with Crippen molar-refractivity contribution >= 4 is 21.4 Å². The maximum absolute atomic E-state index is 13.0. The van der Waals surface area contributed by atoms with Gasteiger partial charge in [-0.1, -0.05) is 18.2 Å². The van der Waals surface area contributed by atoms with Crippen molar-refractivity contribution in [2.75, 3.05) is 25.1 Å². The maximum atomic E-state index is 13.0. The molecular formula is C23H22N2O4S. The second-order valence-corrected chi connectivity index (χ2v) is 9.33. The van der Waals surface area contributed by atoms with Crippen molar-refractivity contribution in [3.63, 3.8) is 0 Å². The zero-order valence-electron chi connectivity index (χ0n) is 16.5. The number of ether oxygens (including phenoxy) is 1. The lowest BCUT2D eigenvalue weighted by Crippen LogP contribution is -2.32. The number of amides is 1. The Morgan fingerprint density at radius 3 is 2.30 bits per heavy atom. The number of hydrogen-bond donors (Lipinski definition) is 1. The van der Waals surface area contributed by atoms with Crippen LogP contribution in [-0.4, -0.2) is 38.6 Å². The van der Waals surface area contributed by atoms with Crippen LogP contribution in [0.2, 0.25) is 0 Å².